The molecule has 0 aliphatic carbocycles. The van der Waals surface area contributed by atoms with Gasteiger partial charge in [0, 0.05) is 62.6 Å². The van der Waals surface area contributed by atoms with E-state index in [4.69, 9.17) is 23.9 Å². The fourth-order valence-corrected chi connectivity index (χ4v) is 2.24. The number of amides is 1. The highest BCUT2D eigenvalue weighted by atomic mass is 35.5. The number of nitrogens with one attached hydrogen (secondary N) is 1. The van der Waals surface area contributed by atoms with Crippen molar-refractivity contribution in [2.75, 3.05) is 19.5 Å². The molecule has 8 heteroatoms. The van der Waals surface area contributed by atoms with E-state index < -0.39 is 71.7 Å². The van der Waals surface area contributed by atoms with Crippen LogP contribution in [0.1, 0.15) is 46.8 Å². The molecule has 1 fully saturated rings. The molecule has 1 atom stereocenters. The van der Waals surface area contributed by atoms with Crippen LogP contribution in [0.5, 0.6) is 0 Å². The average molecular weight is 404 g/mol. The number of piperidine rings is 1. The van der Waals surface area contributed by atoms with E-state index >= 15 is 4.39 Å². The molecule has 2 heterocycles. The van der Waals surface area contributed by atoms with E-state index in [9.17, 15) is 9.18 Å². The smallest absolute Gasteiger partial charge is 0.253 e. The Bertz CT molecular complexity index is 1140. The number of benzene rings is 1. The lowest BCUT2D eigenvalue weighted by atomic mass is 9.92. The van der Waals surface area contributed by atoms with Gasteiger partial charge in [0.05, 0.1) is 11.6 Å². The van der Waals surface area contributed by atoms with Gasteiger partial charge in [0.2, 0.25) is 0 Å². The van der Waals surface area contributed by atoms with Crippen LogP contribution < -0.4 is 5.32 Å². The predicted octanol–water partition coefficient (Wildman–Crippen LogP) is 3.31. The molecule has 0 bridgehead atoms. The van der Waals surface area contributed by atoms with Crippen molar-refractivity contribution in [3.05, 3.63) is 58.4 Å². The summed E-state index contributed by atoms with van der Waals surface area (Å²) in [6, 6.07) is 2.27. The Morgan fingerprint density at radius 3 is 2.70 bits per heavy atom. The Kier molecular flexibility index (Phi) is 3.38. The molecule has 1 aromatic carbocycles. The predicted molar refractivity (Wildman–Crippen MR) is 98.9 cm³/mol. The molecule has 0 radical (unpaired) electrons. The van der Waals surface area contributed by atoms with E-state index in [0.29, 0.717) is 5.56 Å². The van der Waals surface area contributed by atoms with Crippen molar-refractivity contribution in [1.82, 2.24) is 20.2 Å². The highest BCUT2D eigenvalue weighted by molar-refractivity contribution is 6.31. The Balaban J connectivity index is 2.07. The largest absolute Gasteiger partial charge is 0.338 e. The third-order valence-corrected chi connectivity index (χ3v) is 3.75. The second-order valence-corrected chi connectivity index (χ2v) is 6.06. The van der Waals surface area contributed by atoms with Crippen LogP contribution in [0, 0.1) is 12.7 Å². The van der Waals surface area contributed by atoms with Crippen molar-refractivity contribution >= 4 is 17.5 Å². The van der Waals surface area contributed by atoms with Gasteiger partial charge in [-0.1, -0.05) is 11.6 Å². The number of rotatable bonds is 5. The first kappa shape index (κ1) is 11.0. The van der Waals surface area contributed by atoms with Crippen molar-refractivity contribution < 1.29 is 25.9 Å². The van der Waals surface area contributed by atoms with E-state index in [1.807, 2.05) is 0 Å². The van der Waals surface area contributed by atoms with Crippen LogP contribution in [0.15, 0.2) is 30.6 Å². The number of carbonyl (C=O) groups excluding carboxylic acids is 1. The van der Waals surface area contributed by atoms with Crippen LogP contribution >= 0.6 is 11.6 Å². The van der Waals surface area contributed by atoms with Gasteiger partial charge >= 0.3 is 0 Å². The highest BCUT2D eigenvalue weighted by Crippen LogP contribution is 2.27. The molecule has 1 unspecified atom stereocenters. The quantitative estimate of drug-likeness (QED) is 0.832. The van der Waals surface area contributed by atoms with Gasteiger partial charge in [-0.15, -0.1) is 0 Å². The Labute approximate surface area is 174 Å². The summed E-state index contributed by atoms with van der Waals surface area (Å²) in [4.78, 5) is 20.6. The number of carbonyl (C=O) groups is 1. The Morgan fingerprint density at radius 1 is 1.41 bits per heavy atom. The molecule has 1 N–H and O–H groups in total. The monoisotopic (exact) mass is 403 g/mol. The second kappa shape index (κ2) is 8.27. The normalized spacial score (nSPS) is 29.9. The maximum absolute atomic E-state index is 16.5. The van der Waals surface area contributed by atoms with Crippen LogP contribution in [0.4, 0.5) is 8.78 Å². The summed E-state index contributed by atoms with van der Waals surface area (Å²) in [6.07, 6.45) is -5.14. The van der Waals surface area contributed by atoms with Crippen LogP contribution in [0.3, 0.4) is 0 Å². The van der Waals surface area contributed by atoms with Gasteiger partial charge in [-0.2, -0.15) is 0 Å². The zero-order chi connectivity index (χ0) is 27.5. The zero-order valence-corrected chi connectivity index (χ0v) is 14.8. The van der Waals surface area contributed by atoms with Crippen molar-refractivity contribution in [1.29, 1.82) is 0 Å². The molecule has 1 aliphatic rings. The first-order valence-corrected chi connectivity index (χ1v) is 8.13. The van der Waals surface area contributed by atoms with Crippen molar-refractivity contribution in [3.8, 4) is 0 Å². The Hall–Kier alpha value is -2.12. The van der Waals surface area contributed by atoms with E-state index in [1.165, 1.54) is 12.4 Å². The number of aryl methyl sites for hydroxylation is 1. The first-order chi connectivity index (χ1) is 16.3. The second-order valence-electron chi connectivity index (χ2n) is 5.66. The molecular weight excluding hydrogens is 374 g/mol. The molecule has 1 saturated heterocycles. The highest BCUT2D eigenvalue weighted by Gasteiger charge is 2.36. The third kappa shape index (κ3) is 4.99. The number of halogens is 3. The minimum Gasteiger partial charge on any atom is -0.338 e. The molecule has 1 aromatic heterocycles. The summed E-state index contributed by atoms with van der Waals surface area (Å²) in [7, 11) is 0. The summed E-state index contributed by atoms with van der Waals surface area (Å²) in [6.45, 7) is -9.00. The maximum Gasteiger partial charge on any atom is 0.253 e. The van der Waals surface area contributed by atoms with E-state index in [2.05, 4.69) is 15.3 Å². The van der Waals surface area contributed by atoms with E-state index in [0.717, 1.165) is 18.2 Å². The Morgan fingerprint density at radius 2 is 2.07 bits per heavy atom. The summed E-state index contributed by atoms with van der Waals surface area (Å²) in [5, 5.41) is 1.61. The SMILES string of the molecule is [2H]C(NCc1ncc(C)cn1)C1(F)C([2H])([2H])C([2H])([2H])N(C(=O)c2ccc(F)c(Cl)c2)C([2H])([2H])C1([2H])[2H]. The van der Waals surface area contributed by atoms with Crippen molar-refractivity contribution in [2.45, 2.75) is 31.9 Å². The zero-order valence-electron chi connectivity index (χ0n) is 23.1. The molecule has 3 rings (SSSR count). The lowest BCUT2D eigenvalue weighted by molar-refractivity contribution is 0.0434. The minimum atomic E-state index is -4.19. The number of hydrogen-bond donors (Lipinski definition) is 1. The molecule has 1 aliphatic heterocycles. The van der Waals surface area contributed by atoms with Gasteiger partial charge < -0.3 is 10.2 Å². The number of nitrogens with zero attached hydrogens (tertiary/aromatic N) is 3. The number of aromatic nitrogens is 2. The number of hydrogen-bond acceptors (Lipinski definition) is 4. The summed E-state index contributed by atoms with van der Waals surface area (Å²) in [5.74, 6) is -2.52. The number of likely N-dealkylation sites (tertiary alicyclic amines) is 1. The molecule has 144 valence electrons. The van der Waals surface area contributed by atoms with Crippen molar-refractivity contribution in [3.63, 3.8) is 0 Å². The van der Waals surface area contributed by atoms with Crippen molar-refractivity contribution in [2.24, 2.45) is 0 Å². The standard InChI is InChI=1S/C19H21ClF2N4O/c1-13-9-24-17(25-10-13)11-23-12-19(22)4-6-26(7-5-19)18(27)14-2-3-16(21)15(20)8-14/h2-3,8-10,23H,4-7,11-12H2,1H3/i4D2,5D2,6D2,7D2,12D. The molecular formula is C19H21ClF2N4O. The number of alkyl halides is 1. The first-order valence-electron chi connectivity index (χ1n) is 12.3. The van der Waals surface area contributed by atoms with E-state index in [-0.39, 0.29) is 5.82 Å². The average Bonchev–Trinajstić information content (AvgIpc) is 2.78. The van der Waals surface area contributed by atoms with Gasteiger partial charge in [0.25, 0.3) is 5.91 Å². The van der Waals surface area contributed by atoms with Gasteiger partial charge in [-0.05, 0) is 30.7 Å². The van der Waals surface area contributed by atoms with Gasteiger partial charge in [-0.3, -0.25) is 4.79 Å². The molecule has 0 spiro atoms. The van der Waals surface area contributed by atoms with Gasteiger partial charge in [0.15, 0.2) is 0 Å². The topological polar surface area (TPSA) is 58.1 Å². The van der Waals surface area contributed by atoms with Crippen LogP contribution in [-0.2, 0) is 6.54 Å². The van der Waals surface area contributed by atoms with Crippen LogP contribution in [0.2, 0.25) is 5.02 Å². The summed E-state index contributed by atoms with van der Waals surface area (Å²) < 4.78 is 104. The fraction of sp³-hybridized carbons (Fsp3) is 0.421. The lowest BCUT2D eigenvalue weighted by Crippen LogP contribution is -2.48. The van der Waals surface area contributed by atoms with Crippen LogP contribution in [0.25, 0.3) is 0 Å². The van der Waals surface area contributed by atoms with Gasteiger partial charge in [-0.25, -0.2) is 18.7 Å². The van der Waals surface area contributed by atoms with E-state index in [1.54, 1.807) is 6.92 Å². The lowest BCUT2D eigenvalue weighted by Gasteiger charge is -2.36. The third-order valence-electron chi connectivity index (χ3n) is 3.46. The molecule has 2 aromatic rings. The molecule has 0 saturated carbocycles. The summed E-state index contributed by atoms with van der Waals surface area (Å²) >= 11 is 5.65. The molecule has 1 amide bonds. The van der Waals surface area contributed by atoms with Gasteiger partial charge in [0.1, 0.15) is 17.3 Å². The summed E-state index contributed by atoms with van der Waals surface area (Å²) in [5.41, 5.74) is -4.09. The molecule has 27 heavy (non-hydrogen) atoms. The fourth-order valence-electron chi connectivity index (χ4n) is 2.06. The minimum absolute atomic E-state index is 0.0365. The molecule has 5 nitrogen and oxygen atoms in total. The maximum atomic E-state index is 16.5. The van der Waals surface area contributed by atoms with Crippen LogP contribution in [-0.4, -0.2) is 46.0 Å².